The Hall–Kier alpha value is -2.02. The van der Waals surface area contributed by atoms with E-state index < -0.39 is 0 Å². The van der Waals surface area contributed by atoms with Gasteiger partial charge in [-0.2, -0.15) is 5.21 Å². The van der Waals surface area contributed by atoms with Crippen molar-refractivity contribution in [3.8, 4) is 0 Å². The molecule has 2 N–H and O–H groups in total. The van der Waals surface area contributed by atoms with Crippen molar-refractivity contribution in [2.45, 2.75) is 19.9 Å². The molecule has 0 fully saturated rings. The second-order valence-electron chi connectivity index (χ2n) is 3.77. The fourth-order valence-electron chi connectivity index (χ4n) is 1.39. The van der Waals surface area contributed by atoms with Gasteiger partial charge in [0.1, 0.15) is 0 Å². The monoisotopic (exact) mass is 266 g/mol. The van der Waals surface area contributed by atoms with E-state index in [9.17, 15) is 4.79 Å². The zero-order valence-corrected chi connectivity index (χ0v) is 10.6. The van der Waals surface area contributed by atoms with Crippen LogP contribution in [0.15, 0.2) is 12.3 Å². The van der Waals surface area contributed by atoms with E-state index in [1.54, 1.807) is 19.9 Å². The summed E-state index contributed by atoms with van der Waals surface area (Å²) >= 11 is 5.98. The van der Waals surface area contributed by atoms with Gasteiger partial charge in [0, 0.05) is 11.9 Å². The summed E-state index contributed by atoms with van der Waals surface area (Å²) in [5.41, 5.74) is 1.07. The standard InChI is InChI=1S/C10H11ClN6O/c1-5-3-8(11)7(4-12-5)10(18)13-6(2)9-14-16-17-15-9/h3-4,6H,1-2H3,(H,13,18)(H,14,15,16,17). The van der Waals surface area contributed by atoms with Crippen LogP contribution in [0, 0.1) is 6.92 Å². The van der Waals surface area contributed by atoms with E-state index in [0.29, 0.717) is 16.4 Å². The number of aromatic nitrogens is 5. The van der Waals surface area contributed by atoms with Crippen LogP contribution >= 0.6 is 11.6 Å². The summed E-state index contributed by atoms with van der Waals surface area (Å²) in [4.78, 5) is 16.0. The van der Waals surface area contributed by atoms with Crippen LogP contribution in [-0.2, 0) is 0 Å². The molecule has 0 saturated heterocycles. The molecular formula is C10H11ClN6O. The lowest BCUT2D eigenvalue weighted by molar-refractivity contribution is 0.0938. The van der Waals surface area contributed by atoms with Crippen molar-refractivity contribution in [3.63, 3.8) is 0 Å². The first kappa shape index (κ1) is 12.4. The number of tetrazole rings is 1. The Balaban J connectivity index is 2.12. The van der Waals surface area contributed by atoms with Crippen LogP contribution in [0.25, 0.3) is 0 Å². The second kappa shape index (κ2) is 5.09. The van der Waals surface area contributed by atoms with E-state index in [2.05, 4.69) is 30.9 Å². The summed E-state index contributed by atoms with van der Waals surface area (Å²) in [7, 11) is 0. The number of carbonyl (C=O) groups excluding carboxylic acids is 1. The molecule has 2 aromatic rings. The molecule has 0 bridgehead atoms. The van der Waals surface area contributed by atoms with E-state index in [-0.39, 0.29) is 11.9 Å². The molecule has 0 aromatic carbocycles. The minimum Gasteiger partial charge on any atom is -0.342 e. The molecule has 8 heteroatoms. The van der Waals surface area contributed by atoms with Gasteiger partial charge in [-0.1, -0.05) is 16.8 Å². The number of rotatable bonds is 3. The Morgan fingerprint density at radius 3 is 2.94 bits per heavy atom. The minimum atomic E-state index is -0.367. The summed E-state index contributed by atoms with van der Waals surface area (Å²) in [6.45, 7) is 3.55. The third kappa shape index (κ3) is 2.62. The molecule has 0 aliphatic heterocycles. The van der Waals surface area contributed by atoms with Gasteiger partial charge in [0.2, 0.25) is 0 Å². The van der Waals surface area contributed by atoms with Crippen molar-refractivity contribution in [1.82, 2.24) is 30.9 Å². The van der Waals surface area contributed by atoms with E-state index in [1.165, 1.54) is 6.20 Å². The molecule has 2 aromatic heterocycles. The molecular weight excluding hydrogens is 256 g/mol. The lowest BCUT2D eigenvalue weighted by Crippen LogP contribution is -2.27. The summed E-state index contributed by atoms with van der Waals surface area (Å²) < 4.78 is 0. The first-order chi connectivity index (χ1) is 8.58. The number of hydrogen-bond donors (Lipinski definition) is 2. The highest BCUT2D eigenvalue weighted by molar-refractivity contribution is 6.33. The summed E-state index contributed by atoms with van der Waals surface area (Å²) in [5.74, 6) is 0.0735. The highest BCUT2D eigenvalue weighted by Gasteiger charge is 2.17. The van der Waals surface area contributed by atoms with Crippen molar-refractivity contribution in [1.29, 1.82) is 0 Å². The van der Waals surface area contributed by atoms with Gasteiger partial charge in [0.15, 0.2) is 5.82 Å². The van der Waals surface area contributed by atoms with Crippen LogP contribution in [0.3, 0.4) is 0 Å². The SMILES string of the molecule is Cc1cc(Cl)c(C(=O)NC(C)c2nn[nH]n2)cn1. The third-order valence-corrected chi connectivity index (χ3v) is 2.64. The summed E-state index contributed by atoms with van der Waals surface area (Å²) in [5, 5.41) is 16.4. The molecule has 94 valence electrons. The van der Waals surface area contributed by atoms with Crippen molar-refractivity contribution in [3.05, 3.63) is 34.4 Å². The third-order valence-electron chi connectivity index (χ3n) is 2.33. The van der Waals surface area contributed by atoms with Crippen LogP contribution in [0.1, 0.15) is 34.8 Å². The van der Waals surface area contributed by atoms with Crippen molar-refractivity contribution < 1.29 is 4.79 Å². The molecule has 0 spiro atoms. The zero-order chi connectivity index (χ0) is 13.1. The molecule has 0 aliphatic rings. The highest BCUT2D eigenvalue weighted by Crippen LogP contribution is 2.16. The van der Waals surface area contributed by atoms with Gasteiger partial charge in [-0.15, -0.1) is 10.2 Å². The lowest BCUT2D eigenvalue weighted by atomic mass is 10.2. The summed E-state index contributed by atoms with van der Waals surface area (Å²) in [6.07, 6.45) is 1.44. The van der Waals surface area contributed by atoms with Crippen LogP contribution in [0.4, 0.5) is 0 Å². The molecule has 0 saturated carbocycles. The maximum absolute atomic E-state index is 12.0. The van der Waals surface area contributed by atoms with Crippen LogP contribution in [0.5, 0.6) is 0 Å². The molecule has 7 nitrogen and oxygen atoms in total. The number of aryl methyl sites for hydroxylation is 1. The Morgan fingerprint density at radius 1 is 1.56 bits per heavy atom. The molecule has 18 heavy (non-hydrogen) atoms. The molecule has 2 rings (SSSR count). The topological polar surface area (TPSA) is 96.5 Å². The van der Waals surface area contributed by atoms with Gasteiger partial charge < -0.3 is 5.32 Å². The Bertz CT molecular complexity index is 556. The predicted molar refractivity (Wildman–Crippen MR) is 64.0 cm³/mol. The van der Waals surface area contributed by atoms with Gasteiger partial charge in [0.25, 0.3) is 5.91 Å². The van der Waals surface area contributed by atoms with Crippen molar-refractivity contribution in [2.24, 2.45) is 0 Å². The molecule has 0 aliphatic carbocycles. The number of amides is 1. The van der Waals surface area contributed by atoms with Crippen LogP contribution in [-0.4, -0.2) is 31.5 Å². The fraction of sp³-hybridized carbons (Fsp3) is 0.300. The van der Waals surface area contributed by atoms with E-state index in [4.69, 9.17) is 11.6 Å². The van der Waals surface area contributed by atoms with Gasteiger partial charge in [-0.3, -0.25) is 9.78 Å². The maximum atomic E-state index is 12.0. The molecule has 1 amide bonds. The molecule has 1 atom stereocenters. The predicted octanol–water partition coefficient (Wildman–Crippen LogP) is 1.05. The summed E-state index contributed by atoms with van der Waals surface area (Å²) in [6, 6.07) is 1.27. The first-order valence-electron chi connectivity index (χ1n) is 5.24. The number of nitrogens with zero attached hydrogens (tertiary/aromatic N) is 4. The normalized spacial score (nSPS) is 12.2. The molecule has 2 heterocycles. The van der Waals surface area contributed by atoms with Gasteiger partial charge >= 0.3 is 0 Å². The number of aromatic amines is 1. The zero-order valence-electron chi connectivity index (χ0n) is 9.81. The number of carbonyl (C=O) groups is 1. The lowest BCUT2D eigenvalue weighted by Gasteiger charge is -2.10. The van der Waals surface area contributed by atoms with Crippen LogP contribution < -0.4 is 5.32 Å². The number of halogens is 1. The Labute approximate surface area is 108 Å². The number of pyridine rings is 1. The van der Waals surface area contributed by atoms with E-state index in [1.807, 2.05) is 0 Å². The number of nitrogens with one attached hydrogen (secondary N) is 2. The maximum Gasteiger partial charge on any atom is 0.254 e. The van der Waals surface area contributed by atoms with Gasteiger partial charge in [0.05, 0.1) is 16.6 Å². The van der Waals surface area contributed by atoms with E-state index >= 15 is 0 Å². The number of hydrogen-bond acceptors (Lipinski definition) is 5. The Kier molecular flexibility index (Phi) is 3.52. The van der Waals surface area contributed by atoms with Crippen molar-refractivity contribution in [2.75, 3.05) is 0 Å². The smallest absolute Gasteiger partial charge is 0.254 e. The minimum absolute atomic E-state index is 0.317. The largest absolute Gasteiger partial charge is 0.342 e. The van der Waals surface area contributed by atoms with Gasteiger partial charge in [-0.05, 0) is 19.9 Å². The molecule has 0 radical (unpaired) electrons. The Morgan fingerprint density at radius 2 is 2.33 bits per heavy atom. The van der Waals surface area contributed by atoms with Crippen LogP contribution in [0.2, 0.25) is 5.02 Å². The van der Waals surface area contributed by atoms with Gasteiger partial charge in [-0.25, -0.2) is 0 Å². The first-order valence-corrected chi connectivity index (χ1v) is 5.62. The number of H-pyrrole nitrogens is 1. The van der Waals surface area contributed by atoms with Crippen molar-refractivity contribution >= 4 is 17.5 Å². The average Bonchev–Trinajstić information content (AvgIpc) is 2.81. The molecule has 1 unspecified atom stereocenters. The van der Waals surface area contributed by atoms with E-state index in [0.717, 1.165) is 5.69 Å². The average molecular weight is 267 g/mol. The second-order valence-corrected chi connectivity index (χ2v) is 4.18. The quantitative estimate of drug-likeness (QED) is 0.865. The highest BCUT2D eigenvalue weighted by atomic mass is 35.5. The fourth-order valence-corrected chi connectivity index (χ4v) is 1.68.